The molecule has 9 heteroatoms. The molecule has 2 atom stereocenters. The Bertz CT molecular complexity index is 1360. The van der Waals surface area contributed by atoms with Crippen LogP contribution in [0.3, 0.4) is 0 Å². The number of likely N-dealkylation sites (tertiary alicyclic amines) is 1. The van der Waals surface area contributed by atoms with E-state index in [0.717, 1.165) is 44.5 Å². The largest absolute Gasteiger partial charge is 0.371 e. The van der Waals surface area contributed by atoms with E-state index < -0.39 is 11.6 Å². The van der Waals surface area contributed by atoms with E-state index >= 15 is 4.39 Å². The number of halogens is 2. The summed E-state index contributed by atoms with van der Waals surface area (Å²) in [5.74, 6) is -0.952. The summed E-state index contributed by atoms with van der Waals surface area (Å²) in [5, 5.41) is 13.6. The number of hydrogen-bond donors (Lipinski definition) is 1. The van der Waals surface area contributed by atoms with Crippen LogP contribution in [0.4, 0.5) is 14.5 Å². The third-order valence-corrected chi connectivity index (χ3v) is 7.24. The van der Waals surface area contributed by atoms with Gasteiger partial charge in [0.15, 0.2) is 11.5 Å². The van der Waals surface area contributed by atoms with Crippen molar-refractivity contribution in [2.75, 3.05) is 31.1 Å². The normalized spacial score (nSPS) is 20.1. The third-order valence-electron chi connectivity index (χ3n) is 7.24. The van der Waals surface area contributed by atoms with Crippen molar-refractivity contribution in [1.82, 2.24) is 14.7 Å². The molecule has 0 aliphatic carbocycles. The van der Waals surface area contributed by atoms with Crippen LogP contribution >= 0.6 is 0 Å². The minimum Gasteiger partial charge on any atom is -0.371 e. The molecule has 5 rings (SSSR count). The van der Waals surface area contributed by atoms with Crippen molar-refractivity contribution in [2.24, 2.45) is 11.7 Å². The first-order valence-electron chi connectivity index (χ1n) is 12.7. The molecule has 0 bridgehead atoms. The smallest absolute Gasteiger partial charge is 0.274 e. The molecule has 192 valence electrons. The quantitative estimate of drug-likeness (QED) is 0.565. The number of nitriles is 1. The molecule has 7 nitrogen and oxygen atoms in total. The molecule has 2 N–H and O–H groups in total. The summed E-state index contributed by atoms with van der Waals surface area (Å²) >= 11 is 0. The van der Waals surface area contributed by atoms with Gasteiger partial charge in [-0.25, -0.2) is 13.5 Å². The molecule has 2 aromatic carbocycles. The van der Waals surface area contributed by atoms with Crippen LogP contribution in [-0.2, 0) is 0 Å². The fraction of sp³-hybridized carbons (Fsp3) is 0.393. The summed E-state index contributed by atoms with van der Waals surface area (Å²) in [4.78, 5) is 17.1. The van der Waals surface area contributed by atoms with E-state index in [-0.39, 0.29) is 28.9 Å². The van der Waals surface area contributed by atoms with Crippen LogP contribution in [0.25, 0.3) is 16.9 Å². The first-order chi connectivity index (χ1) is 17.8. The number of nitrogens with zero attached hydrogens (tertiary/aromatic N) is 5. The average molecular weight is 505 g/mol. The van der Waals surface area contributed by atoms with Crippen LogP contribution < -0.4 is 10.6 Å². The SMILES string of the molecule is CC1CCCN(c2ccc(-n3nc(C(=O)N4CCCC(N)C4)cc3-c3ccc(C#N)c(F)c3)c(F)c2)C1. The highest BCUT2D eigenvalue weighted by Gasteiger charge is 2.27. The van der Waals surface area contributed by atoms with Gasteiger partial charge >= 0.3 is 0 Å². The van der Waals surface area contributed by atoms with Gasteiger partial charge < -0.3 is 15.5 Å². The maximum Gasteiger partial charge on any atom is 0.274 e. The van der Waals surface area contributed by atoms with Gasteiger partial charge in [-0.15, -0.1) is 0 Å². The number of amides is 1. The number of hydrogen-bond acceptors (Lipinski definition) is 5. The van der Waals surface area contributed by atoms with Crippen LogP contribution in [0, 0.1) is 28.9 Å². The number of benzene rings is 2. The second-order valence-corrected chi connectivity index (χ2v) is 10.1. The van der Waals surface area contributed by atoms with Gasteiger partial charge in [-0.05, 0) is 68.0 Å². The molecule has 0 saturated carbocycles. The molecule has 2 fully saturated rings. The van der Waals surface area contributed by atoms with E-state index in [9.17, 15) is 9.18 Å². The van der Waals surface area contributed by atoms with E-state index in [1.165, 1.54) is 22.9 Å². The summed E-state index contributed by atoms with van der Waals surface area (Å²) in [7, 11) is 0. The maximum absolute atomic E-state index is 15.6. The zero-order valence-electron chi connectivity index (χ0n) is 20.8. The molecule has 2 aliphatic rings. The molecule has 2 unspecified atom stereocenters. The molecular weight excluding hydrogens is 474 g/mol. The minimum absolute atomic E-state index is 0.0975. The van der Waals surface area contributed by atoms with E-state index in [4.69, 9.17) is 11.0 Å². The number of nitrogens with two attached hydrogens (primary N) is 1. The predicted octanol–water partition coefficient (Wildman–Crippen LogP) is 4.49. The zero-order chi connectivity index (χ0) is 26.1. The Morgan fingerprint density at radius 3 is 2.57 bits per heavy atom. The van der Waals surface area contributed by atoms with Crippen molar-refractivity contribution in [1.29, 1.82) is 5.26 Å². The van der Waals surface area contributed by atoms with Gasteiger partial charge in [0, 0.05) is 43.5 Å². The van der Waals surface area contributed by atoms with Crippen molar-refractivity contribution < 1.29 is 13.6 Å². The molecular formula is C28H30F2N6O. The third kappa shape index (κ3) is 5.07. The molecule has 3 heterocycles. The topological polar surface area (TPSA) is 91.2 Å². The first kappa shape index (κ1) is 24.9. The molecule has 2 aliphatic heterocycles. The number of aromatic nitrogens is 2. The lowest BCUT2D eigenvalue weighted by Gasteiger charge is -2.33. The number of anilines is 1. The lowest BCUT2D eigenvalue weighted by Crippen LogP contribution is -2.45. The molecule has 0 radical (unpaired) electrons. The minimum atomic E-state index is -0.697. The Hall–Kier alpha value is -3.77. The van der Waals surface area contributed by atoms with E-state index in [0.29, 0.717) is 30.3 Å². The van der Waals surface area contributed by atoms with Crippen LogP contribution in [0.5, 0.6) is 0 Å². The second kappa shape index (κ2) is 10.3. The molecule has 1 amide bonds. The number of piperidine rings is 2. The van der Waals surface area contributed by atoms with Crippen molar-refractivity contribution >= 4 is 11.6 Å². The van der Waals surface area contributed by atoms with E-state index in [1.54, 1.807) is 29.2 Å². The van der Waals surface area contributed by atoms with Crippen molar-refractivity contribution in [3.8, 4) is 23.0 Å². The summed E-state index contributed by atoms with van der Waals surface area (Å²) in [6, 6.07) is 12.4. The van der Waals surface area contributed by atoms with Gasteiger partial charge in [-0.2, -0.15) is 10.4 Å². The summed E-state index contributed by atoms with van der Waals surface area (Å²) in [5.41, 5.74) is 7.78. The van der Waals surface area contributed by atoms with Crippen molar-refractivity contribution in [3.63, 3.8) is 0 Å². The Labute approximate surface area is 215 Å². The monoisotopic (exact) mass is 504 g/mol. The molecule has 1 aromatic heterocycles. The average Bonchev–Trinajstić information content (AvgIpc) is 3.33. The number of rotatable bonds is 4. The lowest BCUT2D eigenvalue weighted by atomic mass is 10.00. The van der Waals surface area contributed by atoms with Gasteiger partial charge in [0.25, 0.3) is 5.91 Å². The van der Waals surface area contributed by atoms with Crippen LogP contribution in [0.2, 0.25) is 0 Å². The fourth-order valence-corrected chi connectivity index (χ4v) is 5.28. The van der Waals surface area contributed by atoms with Gasteiger partial charge in [0.1, 0.15) is 17.6 Å². The van der Waals surface area contributed by atoms with Gasteiger partial charge in [-0.1, -0.05) is 13.0 Å². The van der Waals surface area contributed by atoms with Gasteiger partial charge in [0.05, 0.1) is 11.3 Å². The Morgan fingerprint density at radius 1 is 1.05 bits per heavy atom. The standard InChI is InChI=1S/C28H30F2N6O/c1-18-4-2-10-34(16-18)22-8-9-26(24(30)13-22)36-27(19-6-7-20(15-31)23(29)12-19)14-25(33-36)28(37)35-11-3-5-21(32)17-35/h6-9,12-14,18,21H,2-5,10-11,16-17,32H2,1H3. The van der Waals surface area contributed by atoms with Crippen molar-refractivity contribution in [3.05, 3.63) is 65.4 Å². The molecule has 3 aromatic rings. The van der Waals surface area contributed by atoms with Crippen LogP contribution in [0.1, 0.15) is 48.7 Å². The predicted molar refractivity (Wildman–Crippen MR) is 137 cm³/mol. The fourth-order valence-electron chi connectivity index (χ4n) is 5.28. The highest BCUT2D eigenvalue weighted by Crippen LogP contribution is 2.30. The zero-order valence-corrected chi connectivity index (χ0v) is 20.8. The maximum atomic E-state index is 15.6. The van der Waals surface area contributed by atoms with E-state index in [1.807, 2.05) is 6.07 Å². The Balaban J connectivity index is 1.56. The Morgan fingerprint density at radius 2 is 1.86 bits per heavy atom. The summed E-state index contributed by atoms with van der Waals surface area (Å²) < 4.78 is 31.4. The molecule has 2 saturated heterocycles. The first-order valence-corrected chi connectivity index (χ1v) is 12.7. The second-order valence-electron chi connectivity index (χ2n) is 10.1. The van der Waals surface area contributed by atoms with E-state index in [2.05, 4.69) is 16.9 Å². The van der Waals surface area contributed by atoms with Crippen molar-refractivity contribution in [2.45, 2.75) is 38.6 Å². The Kier molecular flexibility index (Phi) is 6.94. The van der Waals surface area contributed by atoms with Crippen LogP contribution in [0.15, 0.2) is 42.5 Å². The lowest BCUT2D eigenvalue weighted by molar-refractivity contribution is 0.0702. The highest BCUT2D eigenvalue weighted by molar-refractivity contribution is 5.93. The summed E-state index contributed by atoms with van der Waals surface area (Å²) in [6.45, 7) is 4.92. The van der Waals surface area contributed by atoms with Crippen LogP contribution in [-0.4, -0.2) is 52.8 Å². The number of carbonyl (C=O) groups is 1. The molecule has 0 spiro atoms. The highest BCUT2D eigenvalue weighted by atomic mass is 19.1. The van der Waals surface area contributed by atoms with Gasteiger partial charge in [0.2, 0.25) is 0 Å². The summed E-state index contributed by atoms with van der Waals surface area (Å²) in [6.07, 6.45) is 3.87. The molecule has 37 heavy (non-hydrogen) atoms. The number of carbonyl (C=O) groups excluding carboxylic acids is 1. The van der Waals surface area contributed by atoms with Gasteiger partial charge in [-0.3, -0.25) is 4.79 Å².